The lowest BCUT2D eigenvalue weighted by Gasteiger charge is -2.25. The third-order valence-corrected chi connectivity index (χ3v) is 3.27. The van der Waals surface area contributed by atoms with Crippen molar-refractivity contribution in [3.63, 3.8) is 0 Å². The molecule has 21 heavy (non-hydrogen) atoms. The Morgan fingerprint density at radius 2 is 1.62 bits per heavy atom. The Labute approximate surface area is 119 Å². The highest BCUT2D eigenvalue weighted by Gasteiger charge is 2.34. The van der Waals surface area contributed by atoms with E-state index in [9.17, 15) is 14.4 Å². The number of hydrogen-bond acceptors (Lipinski definition) is 5. The molecule has 1 aliphatic heterocycles. The van der Waals surface area contributed by atoms with Crippen LogP contribution in [0, 0.1) is 0 Å². The Kier molecular flexibility index (Phi) is 3.15. The molecule has 0 saturated heterocycles. The number of benzene rings is 2. The van der Waals surface area contributed by atoms with Crippen LogP contribution in [0.25, 0.3) is 10.8 Å². The minimum atomic E-state index is -0.673. The molecule has 6 heteroatoms. The van der Waals surface area contributed by atoms with Gasteiger partial charge in [-0.15, -0.1) is 5.06 Å². The Bertz CT molecular complexity index is 717. The first-order chi connectivity index (χ1) is 10.1. The van der Waals surface area contributed by atoms with Crippen molar-refractivity contribution in [2.24, 2.45) is 0 Å². The Balaban J connectivity index is 2.05. The van der Waals surface area contributed by atoms with Crippen LogP contribution in [0.4, 0.5) is 0 Å². The highest BCUT2D eigenvalue weighted by atomic mass is 16.7. The Morgan fingerprint density at radius 1 is 1.05 bits per heavy atom. The van der Waals surface area contributed by atoms with Crippen molar-refractivity contribution >= 4 is 28.6 Å². The van der Waals surface area contributed by atoms with E-state index in [1.165, 1.54) is 7.11 Å². The van der Waals surface area contributed by atoms with E-state index < -0.39 is 24.4 Å². The summed E-state index contributed by atoms with van der Waals surface area (Å²) in [6.07, 6.45) is 0. The molecular formula is C15H11NO5. The topological polar surface area (TPSA) is 72.9 Å². The van der Waals surface area contributed by atoms with Gasteiger partial charge in [-0.25, -0.2) is 4.79 Å². The van der Waals surface area contributed by atoms with E-state index >= 15 is 0 Å². The molecular weight excluding hydrogens is 274 g/mol. The van der Waals surface area contributed by atoms with Crippen LogP contribution in [0.3, 0.4) is 0 Å². The lowest BCUT2D eigenvalue weighted by molar-refractivity contribution is -0.159. The van der Waals surface area contributed by atoms with Crippen molar-refractivity contribution in [2.75, 3.05) is 13.7 Å². The molecule has 0 unspecified atom stereocenters. The van der Waals surface area contributed by atoms with Crippen LogP contribution in [-0.4, -0.2) is 36.6 Å². The van der Waals surface area contributed by atoms with E-state index in [1.54, 1.807) is 24.3 Å². The van der Waals surface area contributed by atoms with Gasteiger partial charge in [-0.2, -0.15) is 0 Å². The van der Waals surface area contributed by atoms with Gasteiger partial charge < -0.3 is 4.74 Å². The summed E-state index contributed by atoms with van der Waals surface area (Å²) < 4.78 is 4.43. The van der Waals surface area contributed by atoms with E-state index in [0.29, 0.717) is 21.6 Å². The summed E-state index contributed by atoms with van der Waals surface area (Å²) >= 11 is 0. The quantitative estimate of drug-likeness (QED) is 0.632. The van der Waals surface area contributed by atoms with Crippen molar-refractivity contribution in [1.29, 1.82) is 0 Å². The molecule has 2 aromatic carbocycles. The van der Waals surface area contributed by atoms with Crippen molar-refractivity contribution in [1.82, 2.24) is 5.06 Å². The molecule has 0 saturated carbocycles. The second-order valence-electron chi connectivity index (χ2n) is 4.46. The SMILES string of the molecule is COC(=O)CON1C(=O)c2cccc3cccc(c23)C1=O. The Hall–Kier alpha value is -2.73. The molecule has 106 valence electrons. The number of carbonyl (C=O) groups excluding carboxylic acids is 3. The van der Waals surface area contributed by atoms with E-state index in [-0.39, 0.29) is 0 Å². The number of nitrogens with zero attached hydrogens (tertiary/aromatic N) is 1. The van der Waals surface area contributed by atoms with Crippen LogP contribution >= 0.6 is 0 Å². The standard InChI is InChI=1S/C15H11NO5/c1-20-12(17)8-21-16-14(18)10-6-2-4-9-5-3-7-11(13(9)10)15(16)19/h2-7H,8H2,1H3. The van der Waals surface area contributed by atoms with Crippen LogP contribution in [-0.2, 0) is 14.4 Å². The van der Waals surface area contributed by atoms with Gasteiger partial charge >= 0.3 is 5.97 Å². The molecule has 6 nitrogen and oxygen atoms in total. The van der Waals surface area contributed by atoms with Gasteiger partial charge in [0.05, 0.1) is 18.2 Å². The Morgan fingerprint density at radius 3 is 2.14 bits per heavy atom. The zero-order valence-corrected chi connectivity index (χ0v) is 11.2. The maximum atomic E-state index is 12.3. The number of esters is 1. The number of imide groups is 1. The first kappa shape index (κ1) is 13.3. The molecule has 2 amide bonds. The minimum absolute atomic E-state index is 0.368. The summed E-state index contributed by atoms with van der Waals surface area (Å²) in [6, 6.07) is 10.4. The third kappa shape index (κ3) is 2.05. The molecule has 0 fully saturated rings. The number of ether oxygens (including phenoxy) is 1. The van der Waals surface area contributed by atoms with E-state index in [4.69, 9.17) is 4.84 Å². The normalized spacial score (nSPS) is 13.7. The molecule has 3 rings (SSSR count). The first-order valence-corrected chi connectivity index (χ1v) is 6.23. The summed E-state index contributed by atoms with van der Waals surface area (Å²) in [5, 5.41) is 2.01. The fraction of sp³-hybridized carbons (Fsp3) is 0.133. The van der Waals surface area contributed by atoms with Gasteiger partial charge in [0.15, 0.2) is 6.61 Å². The van der Waals surface area contributed by atoms with Crippen LogP contribution in [0.2, 0.25) is 0 Å². The van der Waals surface area contributed by atoms with E-state index in [0.717, 1.165) is 5.39 Å². The fourth-order valence-electron chi connectivity index (χ4n) is 2.30. The number of carbonyl (C=O) groups is 3. The molecule has 0 spiro atoms. The minimum Gasteiger partial charge on any atom is -0.467 e. The lowest BCUT2D eigenvalue weighted by Crippen LogP contribution is -2.41. The van der Waals surface area contributed by atoms with Crippen LogP contribution in [0.1, 0.15) is 20.7 Å². The van der Waals surface area contributed by atoms with Gasteiger partial charge in [-0.05, 0) is 17.5 Å². The van der Waals surface area contributed by atoms with Gasteiger partial charge in [0.25, 0.3) is 11.8 Å². The molecule has 2 aromatic rings. The van der Waals surface area contributed by atoms with Crippen molar-refractivity contribution in [3.8, 4) is 0 Å². The number of methoxy groups -OCH3 is 1. The van der Waals surface area contributed by atoms with Crippen LogP contribution in [0.5, 0.6) is 0 Å². The first-order valence-electron chi connectivity index (χ1n) is 6.23. The summed E-state index contributed by atoms with van der Waals surface area (Å²) in [6.45, 7) is -0.508. The van der Waals surface area contributed by atoms with Gasteiger partial charge in [-0.1, -0.05) is 24.3 Å². The number of rotatable bonds is 3. The lowest BCUT2D eigenvalue weighted by atomic mass is 9.95. The molecule has 0 N–H and O–H groups in total. The van der Waals surface area contributed by atoms with Crippen molar-refractivity contribution in [2.45, 2.75) is 0 Å². The number of amides is 2. The monoisotopic (exact) mass is 285 g/mol. The molecule has 0 aromatic heterocycles. The van der Waals surface area contributed by atoms with Crippen molar-refractivity contribution in [3.05, 3.63) is 47.5 Å². The second-order valence-corrected chi connectivity index (χ2v) is 4.46. The summed E-state index contributed by atoms with van der Waals surface area (Å²) in [4.78, 5) is 40.8. The number of hydroxylamine groups is 2. The van der Waals surface area contributed by atoms with E-state index in [2.05, 4.69) is 4.74 Å². The smallest absolute Gasteiger partial charge is 0.334 e. The van der Waals surface area contributed by atoms with Gasteiger partial charge in [0.2, 0.25) is 0 Å². The highest BCUT2D eigenvalue weighted by molar-refractivity contribution is 6.24. The zero-order chi connectivity index (χ0) is 15.0. The van der Waals surface area contributed by atoms with Crippen LogP contribution < -0.4 is 0 Å². The summed E-state index contributed by atoms with van der Waals surface area (Å²) in [5.41, 5.74) is 0.736. The fourth-order valence-corrected chi connectivity index (χ4v) is 2.30. The van der Waals surface area contributed by atoms with Gasteiger partial charge in [0.1, 0.15) is 0 Å². The molecule has 1 heterocycles. The molecule has 0 radical (unpaired) electrons. The molecule has 0 atom stereocenters. The zero-order valence-electron chi connectivity index (χ0n) is 11.2. The average molecular weight is 285 g/mol. The molecule has 1 aliphatic rings. The summed E-state index contributed by atoms with van der Waals surface area (Å²) in [7, 11) is 1.20. The predicted octanol–water partition coefficient (Wildman–Crippen LogP) is 1.54. The molecule has 0 bridgehead atoms. The second kappa shape index (κ2) is 4.99. The highest BCUT2D eigenvalue weighted by Crippen LogP contribution is 2.29. The van der Waals surface area contributed by atoms with E-state index in [1.807, 2.05) is 12.1 Å². The predicted molar refractivity (Wildman–Crippen MR) is 72.4 cm³/mol. The van der Waals surface area contributed by atoms with Crippen molar-refractivity contribution < 1.29 is 24.0 Å². The third-order valence-electron chi connectivity index (χ3n) is 3.27. The van der Waals surface area contributed by atoms with Gasteiger partial charge in [-0.3, -0.25) is 14.4 Å². The number of hydrogen-bond donors (Lipinski definition) is 0. The average Bonchev–Trinajstić information content (AvgIpc) is 2.52. The van der Waals surface area contributed by atoms with Gasteiger partial charge in [0, 0.05) is 5.39 Å². The largest absolute Gasteiger partial charge is 0.467 e. The maximum Gasteiger partial charge on any atom is 0.334 e. The van der Waals surface area contributed by atoms with Crippen LogP contribution in [0.15, 0.2) is 36.4 Å². The summed E-state index contributed by atoms with van der Waals surface area (Å²) in [5.74, 6) is -1.85. The maximum absolute atomic E-state index is 12.3. The molecule has 0 aliphatic carbocycles.